The zero-order valence-electron chi connectivity index (χ0n) is 12.0. The number of halogens is 1. The molecule has 0 aromatic carbocycles. The summed E-state index contributed by atoms with van der Waals surface area (Å²) in [6.45, 7) is -0.495. The van der Waals surface area contributed by atoms with E-state index in [9.17, 15) is 14.1 Å². The van der Waals surface area contributed by atoms with Crippen molar-refractivity contribution in [2.24, 2.45) is 0 Å². The number of fused-ring (bicyclic) bond motifs is 1. The van der Waals surface area contributed by atoms with Crippen LogP contribution in [0.4, 0.5) is 10.2 Å². The summed E-state index contributed by atoms with van der Waals surface area (Å²) in [6.07, 6.45) is 3.62. The van der Waals surface area contributed by atoms with Gasteiger partial charge < -0.3 is 15.6 Å². The summed E-state index contributed by atoms with van der Waals surface area (Å²) >= 11 is 0. The van der Waals surface area contributed by atoms with E-state index in [2.05, 4.69) is 25.4 Å². The van der Waals surface area contributed by atoms with Crippen LogP contribution in [0.2, 0.25) is 0 Å². The van der Waals surface area contributed by atoms with Crippen LogP contribution in [-0.2, 0) is 13.8 Å². The summed E-state index contributed by atoms with van der Waals surface area (Å²) in [5.41, 5.74) is 4.19. The number of nitrogen functional groups attached to an aromatic ring is 1. The van der Waals surface area contributed by atoms with Crippen LogP contribution in [0.3, 0.4) is 0 Å². The lowest BCUT2D eigenvalue weighted by molar-refractivity contribution is -0.0843. The molecule has 4 atom stereocenters. The van der Waals surface area contributed by atoms with Gasteiger partial charge in [-0.3, -0.25) is 4.57 Å². The Morgan fingerprint density at radius 1 is 1.67 bits per heavy atom. The van der Waals surface area contributed by atoms with Crippen LogP contribution in [0, 0.1) is 18.4 Å². The van der Waals surface area contributed by atoms with Gasteiger partial charge >= 0.3 is 14.3 Å². The summed E-state index contributed by atoms with van der Waals surface area (Å²) in [6, 6.07) is 0. The minimum absolute atomic E-state index is 0.00670. The molecule has 1 aliphatic rings. The lowest BCUT2D eigenvalue weighted by Gasteiger charge is -2.23. The molecule has 1 aliphatic heterocycles. The first-order valence-corrected chi connectivity index (χ1v) is 7.77. The second-order valence-electron chi connectivity index (χ2n) is 5.07. The molecular formula is C12H12FN5O5P+. The second kappa shape index (κ2) is 6.01. The molecule has 2 aromatic rings. The maximum absolute atomic E-state index is 13.4. The summed E-state index contributed by atoms with van der Waals surface area (Å²) in [5, 5.41) is 10.2. The molecule has 1 unspecified atom stereocenters. The summed E-state index contributed by atoms with van der Waals surface area (Å²) < 4.78 is 35.7. The molecule has 0 spiro atoms. The maximum atomic E-state index is 13.4. The van der Waals surface area contributed by atoms with E-state index in [1.165, 1.54) is 10.9 Å². The highest BCUT2D eigenvalue weighted by molar-refractivity contribution is 7.32. The molecule has 3 rings (SSSR count). The number of aliphatic hydroxyl groups excluding tert-OH is 1. The second-order valence-corrected chi connectivity index (χ2v) is 5.80. The fourth-order valence-electron chi connectivity index (χ4n) is 2.50. The highest BCUT2D eigenvalue weighted by Crippen LogP contribution is 2.39. The number of ether oxygens (including phenoxy) is 1. The van der Waals surface area contributed by atoms with Gasteiger partial charge in [-0.25, -0.2) is 4.98 Å². The van der Waals surface area contributed by atoms with Gasteiger partial charge in [0.15, 0.2) is 22.6 Å². The first-order chi connectivity index (χ1) is 11.4. The standard InChI is InChI=1S/C12H11FN5O5P/c1-2-12(4-22-24(20)21)6(19)3-7(23-12)18-5-15-8-9(14)16-11(13)17-10(8)18/h1,5-7,19H,3-4H2,(H2-,14,16,17,20,21)/p+1/t6-,7+,12+/m0/s1. The smallest absolute Gasteiger partial charge is 0.389 e. The van der Waals surface area contributed by atoms with Crippen LogP contribution >= 0.6 is 8.25 Å². The summed E-state index contributed by atoms with van der Waals surface area (Å²) in [4.78, 5) is 19.7. The van der Waals surface area contributed by atoms with E-state index < -0.39 is 38.9 Å². The Hall–Kier alpha value is -2.22. The van der Waals surface area contributed by atoms with Gasteiger partial charge in [-0.15, -0.1) is 15.8 Å². The van der Waals surface area contributed by atoms with Crippen LogP contribution in [0.5, 0.6) is 0 Å². The number of aliphatic hydroxyl groups is 1. The maximum Gasteiger partial charge on any atom is 0.694 e. The van der Waals surface area contributed by atoms with E-state index in [1.807, 2.05) is 0 Å². The molecule has 24 heavy (non-hydrogen) atoms. The van der Waals surface area contributed by atoms with Crippen molar-refractivity contribution in [3.63, 3.8) is 0 Å². The molecule has 12 heteroatoms. The number of terminal acetylenes is 1. The van der Waals surface area contributed by atoms with Gasteiger partial charge in [0.1, 0.15) is 18.9 Å². The fraction of sp³-hybridized carbons (Fsp3) is 0.417. The number of hydrogen-bond donors (Lipinski definition) is 3. The number of hydrogen-bond acceptors (Lipinski definition) is 8. The first-order valence-electron chi connectivity index (χ1n) is 6.64. The van der Waals surface area contributed by atoms with Gasteiger partial charge in [0.2, 0.25) is 0 Å². The van der Waals surface area contributed by atoms with Gasteiger partial charge in [-0.05, 0) is 0 Å². The van der Waals surface area contributed by atoms with Gasteiger partial charge in [0.05, 0.1) is 6.33 Å². The van der Waals surface area contributed by atoms with Crippen LogP contribution in [-0.4, -0.2) is 47.8 Å². The Kier molecular flexibility index (Phi) is 4.16. The number of nitrogens with zero attached hydrogens (tertiary/aromatic N) is 4. The molecule has 0 bridgehead atoms. The number of aromatic nitrogens is 4. The van der Waals surface area contributed by atoms with Gasteiger partial charge in [-0.2, -0.15) is 14.4 Å². The van der Waals surface area contributed by atoms with Crippen LogP contribution < -0.4 is 5.73 Å². The molecule has 4 N–H and O–H groups in total. The molecule has 2 aromatic heterocycles. The third-order valence-corrected chi connectivity index (χ3v) is 4.02. The minimum atomic E-state index is -2.91. The number of anilines is 1. The number of rotatable bonds is 4. The third kappa shape index (κ3) is 2.71. The average Bonchev–Trinajstić information content (AvgIpc) is 3.07. The minimum Gasteiger partial charge on any atom is -0.389 e. The van der Waals surface area contributed by atoms with Crippen molar-refractivity contribution in [2.75, 3.05) is 12.3 Å². The van der Waals surface area contributed by atoms with Crippen molar-refractivity contribution in [1.29, 1.82) is 0 Å². The highest BCUT2D eigenvalue weighted by Gasteiger charge is 2.50. The normalized spacial score (nSPS) is 27.3. The molecule has 10 nitrogen and oxygen atoms in total. The Labute approximate surface area is 135 Å². The Morgan fingerprint density at radius 2 is 2.42 bits per heavy atom. The van der Waals surface area contributed by atoms with Crippen molar-refractivity contribution in [3.8, 4) is 12.3 Å². The monoisotopic (exact) mass is 356 g/mol. The zero-order chi connectivity index (χ0) is 17.5. The van der Waals surface area contributed by atoms with E-state index in [0.717, 1.165) is 0 Å². The third-order valence-electron chi connectivity index (χ3n) is 3.67. The molecule has 1 fully saturated rings. The number of imidazole rings is 1. The van der Waals surface area contributed by atoms with Crippen molar-refractivity contribution in [1.82, 2.24) is 19.5 Å². The lowest BCUT2D eigenvalue weighted by atomic mass is 9.99. The van der Waals surface area contributed by atoms with E-state index in [1.54, 1.807) is 0 Å². The molecule has 3 heterocycles. The van der Waals surface area contributed by atoms with Crippen molar-refractivity contribution < 1.29 is 28.2 Å². The molecule has 0 radical (unpaired) electrons. The van der Waals surface area contributed by atoms with Gasteiger partial charge in [0, 0.05) is 11.0 Å². The van der Waals surface area contributed by atoms with Crippen LogP contribution in [0.25, 0.3) is 11.2 Å². The fourth-order valence-corrected chi connectivity index (χ4v) is 2.80. The summed E-state index contributed by atoms with van der Waals surface area (Å²) in [5.74, 6) is 2.10. The van der Waals surface area contributed by atoms with Gasteiger partial charge in [0.25, 0.3) is 0 Å². The molecule has 0 saturated carbocycles. The van der Waals surface area contributed by atoms with E-state index in [0.29, 0.717) is 0 Å². The van der Waals surface area contributed by atoms with E-state index in [-0.39, 0.29) is 23.4 Å². The van der Waals surface area contributed by atoms with Crippen LogP contribution in [0.15, 0.2) is 6.33 Å². The molecule has 0 amide bonds. The lowest BCUT2D eigenvalue weighted by Crippen LogP contribution is -2.42. The Balaban J connectivity index is 1.95. The largest absolute Gasteiger partial charge is 0.694 e. The van der Waals surface area contributed by atoms with Crippen LogP contribution in [0.1, 0.15) is 12.6 Å². The van der Waals surface area contributed by atoms with E-state index >= 15 is 0 Å². The molecular weight excluding hydrogens is 344 g/mol. The predicted octanol–water partition coefficient (Wildman–Crippen LogP) is -0.134. The zero-order valence-corrected chi connectivity index (χ0v) is 12.9. The highest BCUT2D eigenvalue weighted by atomic mass is 31.1. The number of nitrogens with two attached hydrogens (primary N) is 1. The first kappa shape index (κ1) is 16.6. The topological polar surface area (TPSA) is 146 Å². The quantitative estimate of drug-likeness (QED) is 0.387. The predicted molar refractivity (Wildman–Crippen MR) is 77.8 cm³/mol. The molecule has 0 aliphatic carbocycles. The molecule has 126 valence electrons. The average molecular weight is 356 g/mol. The van der Waals surface area contributed by atoms with Gasteiger partial charge in [-0.1, -0.05) is 5.92 Å². The van der Waals surface area contributed by atoms with E-state index in [4.69, 9.17) is 21.8 Å². The van der Waals surface area contributed by atoms with Crippen molar-refractivity contribution >= 4 is 25.2 Å². The summed E-state index contributed by atoms with van der Waals surface area (Å²) in [7, 11) is -2.91. The SMILES string of the molecule is C#C[C@]1(CO[P+](=O)O)O[C@@H](n2cnc3c(N)nc(F)nc32)C[C@@H]1O. The van der Waals surface area contributed by atoms with Crippen molar-refractivity contribution in [2.45, 2.75) is 24.4 Å². The Morgan fingerprint density at radius 3 is 3.08 bits per heavy atom. The Bertz CT molecular complexity index is 854. The van der Waals surface area contributed by atoms with Crippen molar-refractivity contribution in [3.05, 3.63) is 12.4 Å². The molecule has 1 saturated heterocycles.